The molecule has 0 amide bonds. The molecule has 1 heterocycles. The molecule has 1 aliphatic rings. The topological polar surface area (TPSA) is 37.3 Å². The van der Waals surface area contributed by atoms with Gasteiger partial charge in [-0.05, 0) is 43.7 Å². The average molecular weight is 224 g/mol. The highest BCUT2D eigenvalue weighted by Crippen LogP contribution is 2.34. The van der Waals surface area contributed by atoms with Gasteiger partial charge in [-0.2, -0.15) is 0 Å². The molecule has 1 unspecified atom stereocenters. The van der Waals surface area contributed by atoms with Crippen LogP contribution >= 0.6 is 11.3 Å². The van der Waals surface area contributed by atoms with Crippen LogP contribution < -0.4 is 0 Å². The van der Waals surface area contributed by atoms with E-state index in [-0.39, 0.29) is 5.92 Å². The van der Waals surface area contributed by atoms with Gasteiger partial charge in [0.15, 0.2) is 0 Å². The first-order chi connectivity index (χ1) is 7.22. The standard InChI is InChI=1S/C12H16O2S/c1-2-9(12(13)14)11-7-8-5-3-4-6-10(8)15-11/h7,9H,2-6H2,1H3,(H,13,14). The molecule has 0 fully saturated rings. The summed E-state index contributed by atoms with van der Waals surface area (Å²) in [5, 5.41) is 9.09. The van der Waals surface area contributed by atoms with E-state index in [1.807, 2.05) is 6.92 Å². The van der Waals surface area contributed by atoms with Crippen molar-refractivity contribution in [2.75, 3.05) is 0 Å². The summed E-state index contributed by atoms with van der Waals surface area (Å²) >= 11 is 1.72. The number of hydrogen-bond donors (Lipinski definition) is 1. The van der Waals surface area contributed by atoms with Crippen LogP contribution in [0.2, 0.25) is 0 Å². The Morgan fingerprint density at radius 2 is 2.27 bits per heavy atom. The number of rotatable bonds is 3. The number of aliphatic carboxylic acids is 1. The lowest BCUT2D eigenvalue weighted by molar-refractivity contribution is -0.138. The minimum absolute atomic E-state index is 0.291. The monoisotopic (exact) mass is 224 g/mol. The Kier molecular flexibility index (Phi) is 3.10. The van der Waals surface area contributed by atoms with Crippen LogP contribution in [0.15, 0.2) is 6.07 Å². The summed E-state index contributed by atoms with van der Waals surface area (Å²) in [5.74, 6) is -0.975. The van der Waals surface area contributed by atoms with E-state index in [0.717, 1.165) is 17.7 Å². The van der Waals surface area contributed by atoms with Crippen molar-refractivity contribution in [1.82, 2.24) is 0 Å². The van der Waals surface area contributed by atoms with Crippen molar-refractivity contribution < 1.29 is 9.90 Å². The minimum Gasteiger partial charge on any atom is -0.481 e. The largest absolute Gasteiger partial charge is 0.481 e. The summed E-state index contributed by atoms with van der Waals surface area (Å²) in [6.45, 7) is 1.94. The van der Waals surface area contributed by atoms with Crippen molar-refractivity contribution in [3.8, 4) is 0 Å². The average Bonchev–Trinajstić information content (AvgIpc) is 2.61. The minimum atomic E-state index is -0.684. The van der Waals surface area contributed by atoms with E-state index in [2.05, 4.69) is 6.07 Å². The van der Waals surface area contributed by atoms with Gasteiger partial charge < -0.3 is 5.11 Å². The SMILES string of the molecule is CCC(C(=O)O)c1cc2c(s1)CCCC2. The summed E-state index contributed by atoms with van der Waals surface area (Å²) in [6, 6.07) is 2.13. The maximum atomic E-state index is 11.1. The maximum absolute atomic E-state index is 11.1. The van der Waals surface area contributed by atoms with Gasteiger partial charge in [0.25, 0.3) is 0 Å². The van der Waals surface area contributed by atoms with Crippen LogP contribution in [0.25, 0.3) is 0 Å². The number of aryl methyl sites for hydroxylation is 2. The molecule has 0 aromatic carbocycles. The zero-order valence-corrected chi connectivity index (χ0v) is 9.77. The highest BCUT2D eigenvalue weighted by molar-refractivity contribution is 7.12. The molecule has 0 saturated carbocycles. The number of carboxylic acid groups (broad SMARTS) is 1. The van der Waals surface area contributed by atoms with E-state index in [9.17, 15) is 4.79 Å². The molecule has 1 N–H and O–H groups in total. The number of fused-ring (bicyclic) bond motifs is 1. The first-order valence-corrected chi connectivity index (χ1v) is 6.38. The summed E-state index contributed by atoms with van der Waals surface area (Å²) in [5.41, 5.74) is 1.40. The molecule has 1 aromatic rings. The lowest BCUT2D eigenvalue weighted by atomic mass is 9.97. The van der Waals surface area contributed by atoms with Crippen molar-refractivity contribution in [3.63, 3.8) is 0 Å². The van der Waals surface area contributed by atoms with Crippen molar-refractivity contribution >= 4 is 17.3 Å². The van der Waals surface area contributed by atoms with Crippen LogP contribution in [0.3, 0.4) is 0 Å². The van der Waals surface area contributed by atoms with Gasteiger partial charge >= 0.3 is 5.97 Å². The molecular formula is C12H16O2S. The molecule has 2 nitrogen and oxygen atoms in total. The van der Waals surface area contributed by atoms with Crippen LogP contribution in [0, 0.1) is 0 Å². The quantitative estimate of drug-likeness (QED) is 0.856. The highest BCUT2D eigenvalue weighted by atomic mass is 32.1. The van der Waals surface area contributed by atoms with Gasteiger partial charge in [0.1, 0.15) is 0 Å². The Bertz CT molecular complexity index is 344. The lowest BCUT2D eigenvalue weighted by Crippen LogP contribution is -2.08. The predicted octanol–water partition coefficient (Wildman–Crippen LogP) is 3.21. The molecular weight excluding hydrogens is 208 g/mol. The van der Waals surface area contributed by atoms with Gasteiger partial charge in [-0.15, -0.1) is 11.3 Å². The number of hydrogen-bond acceptors (Lipinski definition) is 2. The van der Waals surface area contributed by atoms with Gasteiger partial charge in [0.2, 0.25) is 0 Å². The van der Waals surface area contributed by atoms with Crippen molar-refractivity contribution in [2.24, 2.45) is 0 Å². The fourth-order valence-electron chi connectivity index (χ4n) is 2.18. The fourth-order valence-corrected chi connectivity index (χ4v) is 3.62. The second-order valence-electron chi connectivity index (χ2n) is 4.10. The molecule has 15 heavy (non-hydrogen) atoms. The summed E-state index contributed by atoms with van der Waals surface area (Å²) < 4.78 is 0. The normalized spacial score (nSPS) is 17.1. The molecule has 0 radical (unpaired) electrons. The van der Waals surface area contributed by atoms with Crippen LogP contribution in [0.1, 0.15) is 47.4 Å². The Morgan fingerprint density at radius 1 is 1.53 bits per heavy atom. The van der Waals surface area contributed by atoms with E-state index in [1.54, 1.807) is 11.3 Å². The second kappa shape index (κ2) is 4.35. The van der Waals surface area contributed by atoms with Crippen LogP contribution in [-0.2, 0) is 17.6 Å². The van der Waals surface area contributed by atoms with E-state index in [4.69, 9.17) is 5.11 Å². The van der Waals surface area contributed by atoms with Gasteiger partial charge in [-0.1, -0.05) is 6.92 Å². The third kappa shape index (κ3) is 2.07. The van der Waals surface area contributed by atoms with Crippen LogP contribution in [0.4, 0.5) is 0 Å². The Labute approximate surface area is 93.9 Å². The number of thiophene rings is 1. The molecule has 0 spiro atoms. The molecule has 1 atom stereocenters. The molecule has 1 aromatic heterocycles. The third-order valence-corrected chi connectivity index (χ3v) is 4.42. The van der Waals surface area contributed by atoms with E-state index in [0.29, 0.717) is 6.42 Å². The zero-order chi connectivity index (χ0) is 10.8. The van der Waals surface area contributed by atoms with E-state index < -0.39 is 5.97 Å². The second-order valence-corrected chi connectivity index (χ2v) is 5.27. The molecule has 3 heteroatoms. The van der Waals surface area contributed by atoms with Gasteiger partial charge in [-0.3, -0.25) is 4.79 Å². The highest BCUT2D eigenvalue weighted by Gasteiger charge is 2.22. The van der Waals surface area contributed by atoms with Crippen molar-refractivity contribution in [3.05, 3.63) is 21.4 Å². The fraction of sp³-hybridized carbons (Fsp3) is 0.583. The van der Waals surface area contributed by atoms with Crippen LogP contribution in [0.5, 0.6) is 0 Å². The molecule has 1 aliphatic carbocycles. The summed E-state index contributed by atoms with van der Waals surface area (Å²) in [7, 11) is 0. The number of carboxylic acids is 1. The first kappa shape index (κ1) is 10.7. The molecule has 2 rings (SSSR count). The molecule has 82 valence electrons. The predicted molar refractivity (Wildman–Crippen MR) is 61.6 cm³/mol. The van der Waals surface area contributed by atoms with Gasteiger partial charge in [-0.25, -0.2) is 0 Å². The van der Waals surface area contributed by atoms with E-state index in [1.165, 1.54) is 23.3 Å². The Balaban J connectivity index is 2.28. The van der Waals surface area contributed by atoms with Crippen molar-refractivity contribution in [2.45, 2.75) is 44.9 Å². The molecule has 0 bridgehead atoms. The Morgan fingerprint density at radius 3 is 2.87 bits per heavy atom. The lowest BCUT2D eigenvalue weighted by Gasteiger charge is -2.08. The molecule has 0 aliphatic heterocycles. The third-order valence-electron chi connectivity index (χ3n) is 3.07. The maximum Gasteiger partial charge on any atom is 0.311 e. The van der Waals surface area contributed by atoms with Crippen molar-refractivity contribution in [1.29, 1.82) is 0 Å². The number of carbonyl (C=O) groups is 1. The summed E-state index contributed by atoms with van der Waals surface area (Å²) in [6.07, 6.45) is 5.50. The summed E-state index contributed by atoms with van der Waals surface area (Å²) in [4.78, 5) is 13.5. The van der Waals surface area contributed by atoms with Gasteiger partial charge in [0.05, 0.1) is 5.92 Å². The zero-order valence-electron chi connectivity index (χ0n) is 8.95. The molecule has 0 saturated heterocycles. The smallest absolute Gasteiger partial charge is 0.311 e. The Hall–Kier alpha value is -0.830. The first-order valence-electron chi connectivity index (χ1n) is 5.56. The van der Waals surface area contributed by atoms with Gasteiger partial charge in [0, 0.05) is 9.75 Å². The van der Waals surface area contributed by atoms with Crippen LogP contribution in [-0.4, -0.2) is 11.1 Å². The van der Waals surface area contributed by atoms with E-state index >= 15 is 0 Å².